The van der Waals surface area contributed by atoms with Crippen molar-refractivity contribution in [2.45, 2.75) is 20.0 Å². The lowest BCUT2D eigenvalue weighted by Gasteiger charge is -2.13. The first-order chi connectivity index (χ1) is 16.4. The van der Waals surface area contributed by atoms with E-state index in [1.807, 2.05) is 67.6 Å². The molecule has 0 bridgehead atoms. The van der Waals surface area contributed by atoms with Gasteiger partial charge in [0.25, 0.3) is 5.91 Å². The minimum atomic E-state index is -0.0604. The summed E-state index contributed by atoms with van der Waals surface area (Å²) in [6.07, 6.45) is 2.67. The first-order valence-electron chi connectivity index (χ1n) is 10.7. The molecule has 0 aromatic heterocycles. The molecule has 4 rings (SSSR count). The van der Waals surface area contributed by atoms with Crippen LogP contribution in [0.25, 0.3) is 6.08 Å². The fourth-order valence-corrected chi connectivity index (χ4v) is 5.01. The molecule has 34 heavy (non-hydrogen) atoms. The maximum Gasteiger partial charge on any atom is 0.266 e. The molecule has 3 aromatic rings. The second-order valence-corrected chi connectivity index (χ2v) is 10.6. The Morgan fingerprint density at radius 2 is 1.79 bits per heavy atom. The normalized spacial score (nSPS) is 16.0. The number of rotatable bonds is 7. The Balaban J connectivity index is 1.51. The third kappa shape index (κ3) is 6.36. The first-order valence-corrected chi connectivity index (χ1v) is 13.3. The Morgan fingerprint density at radius 3 is 2.47 bits per heavy atom. The molecular formula is C26H21Cl2IN2O2S. The number of amides is 1. The Morgan fingerprint density at radius 1 is 1.06 bits per heavy atom. The highest BCUT2D eigenvalue weighted by atomic mass is 127. The smallest absolute Gasteiger partial charge is 0.266 e. The van der Waals surface area contributed by atoms with Crippen LogP contribution in [0.1, 0.15) is 24.5 Å². The van der Waals surface area contributed by atoms with E-state index in [1.54, 1.807) is 17.0 Å². The maximum absolute atomic E-state index is 13.1. The van der Waals surface area contributed by atoms with Gasteiger partial charge in [0.2, 0.25) is 0 Å². The third-order valence-electron chi connectivity index (χ3n) is 4.95. The van der Waals surface area contributed by atoms with Gasteiger partial charge in [0.1, 0.15) is 12.4 Å². The molecule has 0 aliphatic carbocycles. The summed E-state index contributed by atoms with van der Waals surface area (Å²) in [5, 5.41) is 1.80. The highest BCUT2D eigenvalue weighted by Gasteiger charge is 2.32. The zero-order chi connectivity index (χ0) is 24.1. The number of amidine groups is 1. The molecule has 3 aromatic carbocycles. The molecule has 1 heterocycles. The standard InChI is InChI=1S/C26H21Cl2IN2O2S/c1-2-13-31-25(32)24(34-26(31)30-21-10-6-19(27)7-11-21)15-18-5-12-23(22(28)14-18)33-16-17-3-8-20(29)9-4-17/h3-12,14-15H,2,13,16H2,1H3/b24-15-,30-26?. The number of nitrogens with zero attached hydrogens (tertiary/aromatic N) is 2. The lowest BCUT2D eigenvalue weighted by molar-refractivity contribution is -0.122. The van der Waals surface area contributed by atoms with E-state index in [-0.39, 0.29) is 5.91 Å². The van der Waals surface area contributed by atoms with E-state index in [1.165, 1.54) is 15.3 Å². The average molecular weight is 623 g/mol. The second-order valence-electron chi connectivity index (χ2n) is 7.54. The monoisotopic (exact) mass is 622 g/mol. The summed E-state index contributed by atoms with van der Waals surface area (Å²) in [6.45, 7) is 3.07. The number of carbonyl (C=O) groups is 1. The molecule has 8 heteroatoms. The molecule has 1 saturated heterocycles. The zero-order valence-electron chi connectivity index (χ0n) is 18.3. The molecule has 0 unspecified atom stereocenters. The van der Waals surface area contributed by atoms with Crippen molar-refractivity contribution in [3.8, 4) is 5.75 Å². The van der Waals surface area contributed by atoms with Crippen LogP contribution in [0.15, 0.2) is 76.6 Å². The maximum atomic E-state index is 13.1. The van der Waals surface area contributed by atoms with Gasteiger partial charge in [-0.25, -0.2) is 4.99 Å². The van der Waals surface area contributed by atoms with Crippen LogP contribution >= 0.6 is 57.6 Å². The fourth-order valence-electron chi connectivity index (χ4n) is 3.26. The Bertz CT molecular complexity index is 1240. The Hall–Kier alpha value is -2.00. The molecule has 174 valence electrons. The van der Waals surface area contributed by atoms with E-state index in [2.05, 4.69) is 27.6 Å². The van der Waals surface area contributed by atoms with Gasteiger partial charge in [-0.05, 0) is 107 Å². The van der Waals surface area contributed by atoms with Gasteiger partial charge in [-0.3, -0.25) is 9.69 Å². The van der Waals surface area contributed by atoms with Gasteiger partial charge in [0.15, 0.2) is 5.17 Å². The van der Waals surface area contributed by atoms with Gasteiger partial charge < -0.3 is 4.74 Å². The third-order valence-corrected chi connectivity index (χ3v) is 7.22. The lowest BCUT2D eigenvalue weighted by atomic mass is 10.2. The summed E-state index contributed by atoms with van der Waals surface area (Å²) in [5.41, 5.74) is 2.64. The summed E-state index contributed by atoms with van der Waals surface area (Å²) in [4.78, 5) is 20.1. The molecule has 1 amide bonds. The number of hydrogen-bond acceptors (Lipinski definition) is 4. The summed E-state index contributed by atoms with van der Waals surface area (Å²) in [5.74, 6) is 0.542. The highest BCUT2D eigenvalue weighted by molar-refractivity contribution is 14.1. The van der Waals surface area contributed by atoms with E-state index >= 15 is 0 Å². The van der Waals surface area contributed by atoms with E-state index in [9.17, 15) is 4.79 Å². The van der Waals surface area contributed by atoms with E-state index in [4.69, 9.17) is 27.9 Å². The van der Waals surface area contributed by atoms with Crippen molar-refractivity contribution in [2.75, 3.05) is 6.54 Å². The summed E-state index contributed by atoms with van der Waals surface area (Å²) >= 11 is 16.1. The molecule has 0 saturated carbocycles. The van der Waals surface area contributed by atoms with Crippen molar-refractivity contribution in [1.29, 1.82) is 0 Å². The minimum absolute atomic E-state index is 0.0604. The number of thioether (sulfide) groups is 1. The van der Waals surface area contributed by atoms with Crippen molar-refractivity contribution in [1.82, 2.24) is 4.90 Å². The highest BCUT2D eigenvalue weighted by Crippen LogP contribution is 2.35. The second kappa shape index (κ2) is 11.6. The van der Waals surface area contributed by atoms with E-state index in [0.29, 0.717) is 39.0 Å². The van der Waals surface area contributed by atoms with Gasteiger partial charge in [0, 0.05) is 15.1 Å². The number of ether oxygens (including phenoxy) is 1. The van der Waals surface area contributed by atoms with Crippen LogP contribution < -0.4 is 4.74 Å². The Kier molecular flexibility index (Phi) is 8.58. The van der Waals surface area contributed by atoms with Crippen molar-refractivity contribution in [3.63, 3.8) is 0 Å². The molecule has 4 nitrogen and oxygen atoms in total. The summed E-state index contributed by atoms with van der Waals surface area (Å²) in [6, 6.07) is 20.9. The predicted octanol–water partition coefficient (Wildman–Crippen LogP) is 8.19. The number of benzene rings is 3. The number of hydrogen-bond donors (Lipinski definition) is 0. The Labute approximate surface area is 227 Å². The zero-order valence-corrected chi connectivity index (χ0v) is 22.8. The number of carbonyl (C=O) groups excluding carboxylic acids is 1. The fraction of sp³-hybridized carbons (Fsp3) is 0.154. The van der Waals surface area contributed by atoms with Crippen molar-refractivity contribution >= 4 is 80.4 Å². The summed E-state index contributed by atoms with van der Waals surface area (Å²) < 4.78 is 7.06. The van der Waals surface area contributed by atoms with Crippen molar-refractivity contribution in [3.05, 3.63) is 96.4 Å². The van der Waals surface area contributed by atoms with Gasteiger partial charge in [0.05, 0.1) is 15.6 Å². The van der Waals surface area contributed by atoms with Gasteiger partial charge in [-0.1, -0.05) is 48.3 Å². The van der Waals surface area contributed by atoms with Crippen LogP contribution in [0.3, 0.4) is 0 Å². The van der Waals surface area contributed by atoms with Gasteiger partial charge >= 0.3 is 0 Å². The van der Waals surface area contributed by atoms with Crippen molar-refractivity contribution < 1.29 is 9.53 Å². The largest absolute Gasteiger partial charge is 0.487 e. The van der Waals surface area contributed by atoms with Gasteiger partial charge in [-0.15, -0.1) is 0 Å². The quantitative estimate of drug-likeness (QED) is 0.197. The van der Waals surface area contributed by atoms with E-state index < -0.39 is 0 Å². The molecule has 1 fully saturated rings. The molecule has 0 N–H and O–H groups in total. The molecule has 0 radical (unpaired) electrons. The van der Waals surface area contributed by atoms with Crippen LogP contribution in [0, 0.1) is 3.57 Å². The average Bonchev–Trinajstić information content (AvgIpc) is 3.10. The van der Waals surface area contributed by atoms with Crippen LogP contribution in [0.2, 0.25) is 10.0 Å². The first kappa shape index (κ1) is 25.1. The molecular weight excluding hydrogens is 602 g/mol. The van der Waals surface area contributed by atoms with Crippen LogP contribution in [0.4, 0.5) is 5.69 Å². The summed E-state index contributed by atoms with van der Waals surface area (Å²) in [7, 11) is 0. The van der Waals surface area contributed by atoms with Gasteiger partial charge in [-0.2, -0.15) is 0 Å². The number of halogens is 3. The molecule has 0 spiro atoms. The molecule has 1 aliphatic heterocycles. The van der Waals surface area contributed by atoms with Crippen LogP contribution in [0.5, 0.6) is 5.75 Å². The lowest BCUT2D eigenvalue weighted by Crippen LogP contribution is -2.29. The van der Waals surface area contributed by atoms with Crippen molar-refractivity contribution in [2.24, 2.45) is 4.99 Å². The van der Waals surface area contributed by atoms with E-state index in [0.717, 1.165) is 23.2 Å². The molecule has 0 atom stereocenters. The van der Waals surface area contributed by atoms with Crippen LogP contribution in [-0.2, 0) is 11.4 Å². The minimum Gasteiger partial charge on any atom is -0.487 e. The molecule has 1 aliphatic rings. The SMILES string of the molecule is CCCN1C(=O)/C(=C/c2ccc(OCc3ccc(I)cc3)c(Cl)c2)SC1=Nc1ccc(Cl)cc1. The van der Waals surface area contributed by atoms with Crippen LogP contribution in [-0.4, -0.2) is 22.5 Å². The predicted molar refractivity (Wildman–Crippen MR) is 151 cm³/mol. The topological polar surface area (TPSA) is 41.9 Å². The number of aliphatic imine (C=N–C) groups is 1.